The van der Waals surface area contributed by atoms with Gasteiger partial charge in [-0.3, -0.25) is 9.79 Å². The summed E-state index contributed by atoms with van der Waals surface area (Å²) in [5.41, 5.74) is 5.57. The van der Waals surface area contributed by atoms with Gasteiger partial charge in [0.25, 0.3) is 0 Å². The summed E-state index contributed by atoms with van der Waals surface area (Å²) in [5, 5.41) is 3.41. The first-order chi connectivity index (χ1) is 10.7. The maximum Gasteiger partial charge on any atom is 0.217 e. The Morgan fingerprint density at radius 2 is 2.13 bits per heavy atom. The van der Waals surface area contributed by atoms with Crippen LogP contribution in [0.4, 0.5) is 0 Å². The number of hydrogen-bond acceptors (Lipinski definition) is 2. The van der Waals surface area contributed by atoms with Gasteiger partial charge in [0, 0.05) is 32.6 Å². The van der Waals surface area contributed by atoms with Crippen molar-refractivity contribution >= 4 is 11.9 Å². The second-order valence-corrected chi connectivity index (χ2v) is 8.06. The molecule has 5 nitrogen and oxygen atoms in total. The van der Waals surface area contributed by atoms with Crippen molar-refractivity contribution in [3.8, 4) is 0 Å². The Kier molecular flexibility index (Phi) is 7.86. The van der Waals surface area contributed by atoms with Crippen molar-refractivity contribution in [2.75, 3.05) is 26.2 Å². The predicted octanol–water partition coefficient (Wildman–Crippen LogP) is 2.61. The average Bonchev–Trinajstić information content (AvgIpc) is 2.41. The van der Waals surface area contributed by atoms with Crippen LogP contribution in [0.25, 0.3) is 0 Å². The lowest BCUT2D eigenvalue weighted by molar-refractivity contribution is -0.119. The fourth-order valence-electron chi connectivity index (χ4n) is 3.59. The van der Waals surface area contributed by atoms with Crippen LogP contribution in [-0.2, 0) is 4.79 Å². The first-order valence-electron chi connectivity index (χ1n) is 9.05. The van der Waals surface area contributed by atoms with Gasteiger partial charge in [-0.05, 0) is 43.4 Å². The molecule has 1 saturated heterocycles. The van der Waals surface area contributed by atoms with Crippen molar-refractivity contribution in [3.63, 3.8) is 0 Å². The molecule has 1 heterocycles. The fourth-order valence-corrected chi connectivity index (χ4v) is 3.59. The first-order valence-corrected chi connectivity index (χ1v) is 9.05. The fraction of sp³-hybridized carbons (Fsp3) is 0.889. The highest BCUT2D eigenvalue weighted by molar-refractivity contribution is 5.80. The van der Waals surface area contributed by atoms with Crippen LogP contribution in [0.3, 0.4) is 0 Å². The number of guanidine groups is 1. The molecule has 1 atom stereocenters. The largest absolute Gasteiger partial charge is 0.370 e. The summed E-state index contributed by atoms with van der Waals surface area (Å²) < 4.78 is 0. The highest BCUT2D eigenvalue weighted by atomic mass is 16.1. The number of carbonyl (C=O) groups is 1. The molecule has 0 bridgehead atoms. The van der Waals surface area contributed by atoms with Crippen LogP contribution < -0.4 is 11.1 Å². The number of nitrogens with zero attached hydrogens (tertiary/aromatic N) is 2. The Morgan fingerprint density at radius 1 is 1.43 bits per heavy atom. The number of nitrogens with one attached hydrogen (secondary N) is 1. The maximum atomic E-state index is 11.2. The van der Waals surface area contributed by atoms with Gasteiger partial charge in [0.1, 0.15) is 0 Å². The minimum Gasteiger partial charge on any atom is -0.370 e. The molecule has 0 aromatic carbocycles. The molecule has 1 fully saturated rings. The molecule has 1 unspecified atom stereocenters. The molecule has 0 aromatic rings. The first kappa shape index (κ1) is 19.8. The van der Waals surface area contributed by atoms with Crippen molar-refractivity contribution in [2.24, 2.45) is 28.0 Å². The van der Waals surface area contributed by atoms with Gasteiger partial charge in [0.15, 0.2) is 5.96 Å². The smallest absolute Gasteiger partial charge is 0.217 e. The lowest BCUT2D eigenvalue weighted by Gasteiger charge is -2.35. The summed E-state index contributed by atoms with van der Waals surface area (Å²) in [6.07, 6.45) is 3.82. The summed E-state index contributed by atoms with van der Waals surface area (Å²) in [4.78, 5) is 18.4. The summed E-state index contributed by atoms with van der Waals surface area (Å²) >= 11 is 0. The number of carbonyl (C=O) groups excluding carboxylic acids is 1. The molecule has 1 rings (SSSR count). The monoisotopic (exact) mass is 324 g/mol. The minimum absolute atomic E-state index is 0.197. The number of nitrogens with two attached hydrogens (primary N) is 1. The molecule has 1 amide bonds. The van der Waals surface area contributed by atoms with Gasteiger partial charge in [-0.2, -0.15) is 0 Å². The second kappa shape index (κ2) is 9.14. The summed E-state index contributed by atoms with van der Waals surface area (Å²) in [5.74, 6) is 1.82. The van der Waals surface area contributed by atoms with E-state index in [1.54, 1.807) is 0 Å². The molecule has 0 aromatic heterocycles. The van der Waals surface area contributed by atoms with Crippen molar-refractivity contribution in [1.29, 1.82) is 0 Å². The topological polar surface area (TPSA) is 70.7 Å². The quantitative estimate of drug-likeness (QED) is 0.558. The minimum atomic E-state index is -0.197. The Bertz CT molecular complexity index is 404. The molecule has 134 valence electrons. The number of rotatable bonds is 7. The van der Waals surface area contributed by atoms with Crippen molar-refractivity contribution in [1.82, 2.24) is 10.2 Å². The summed E-state index contributed by atoms with van der Waals surface area (Å²) in [7, 11) is 0. The molecule has 0 spiro atoms. The lowest BCUT2D eigenvalue weighted by Crippen LogP contribution is -2.47. The van der Waals surface area contributed by atoms with E-state index in [0.717, 1.165) is 45.0 Å². The van der Waals surface area contributed by atoms with E-state index in [4.69, 9.17) is 10.7 Å². The second-order valence-electron chi connectivity index (χ2n) is 8.06. The lowest BCUT2D eigenvalue weighted by atomic mass is 9.84. The third-order valence-electron chi connectivity index (χ3n) is 4.26. The van der Waals surface area contributed by atoms with Crippen LogP contribution in [0.1, 0.15) is 60.3 Å². The predicted molar refractivity (Wildman–Crippen MR) is 97.3 cm³/mol. The van der Waals surface area contributed by atoms with Crippen molar-refractivity contribution in [3.05, 3.63) is 0 Å². The normalized spacial score (nSPS) is 20.0. The van der Waals surface area contributed by atoms with Crippen LogP contribution >= 0.6 is 0 Å². The molecule has 0 saturated carbocycles. The third-order valence-corrected chi connectivity index (χ3v) is 4.26. The standard InChI is InChI=1S/C18H36N4O/c1-6-20-17(21-13-18(4,5)11-14(2)3)22-9-7-8-15(12-22)10-16(19)23/h14-15H,6-13H2,1-5H3,(H2,19,23)(H,20,21). The Morgan fingerprint density at radius 3 is 2.70 bits per heavy atom. The van der Waals surface area contributed by atoms with E-state index in [-0.39, 0.29) is 11.3 Å². The van der Waals surface area contributed by atoms with Gasteiger partial charge >= 0.3 is 0 Å². The van der Waals surface area contributed by atoms with E-state index in [0.29, 0.717) is 18.3 Å². The SMILES string of the molecule is CCNC(=NCC(C)(C)CC(C)C)N1CCCC(CC(N)=O)C1. The Balaban J connectivity index is 2.72. The van der Waals surface area contributed by atoms with Crippen molar-refractivity contribution < 1.29 is 4.79 Å². The summed E-state index contributed by atoms with van der Waals surface area (Å²) in [6.45, 7) is 14.7. The highest BCUT2D eigenvalue weighted by Gasteiger charge is 2.25. The third kappa shape index (κ3) is 7.71. The number of likely N-dealkylation sites (tertiary alicyclic amines) is 1. The van der Waals surface area contributed by atoms with Gasteiger partial charge in [-0.15, -0.1) is 0 Å². The molecule has 3 N–H and O–H groups in total. The molecule has 23 heavy (non-hydrogen) atoms. The van der Waals surface area contributed by atoms with E-state index in [9.17, 15) is 4.79 Å². The molecule has 1 aliphatic heterocycles. The Hall–Kier alpha value is -1.26. The highest BCUT2D eigenvalue weighted by Crippen LogP contribution is 2.26. The number of aliphatic imine (C=N–C) groups is 1. The number of piperidine rings is 1. The van der Waals surface area contributed by atoms with Gasteiger partial charge in [0.05, 0.1) is 0 Å². The molecule has 0 radical (unpaired) electrons. The maximum absolute atomic E-state index is 11.2. The van der Waals surface area contributed by atoms with Gasteiger partial charge in [0.2, 0.25) is 5.91 Å². The van der Waals surface area contributed by atoms with E-state index in [1.165, 1.54) is 6.42 Å². The zero-order valence-corrected chi connectivity index (χ0v) is 15.7. The van der Waals surface area contributed by atoms with Crippen LogP contribution in [-0.4, -0.2) is 42.9 Å². The molecule has 0 aliphatic carbocycles. The van der Waals surface area contributed by atoms with E-state index >= 15 is 0 Å². The average molecular weight is 325 g/mol. The van der Waals surface area contributed by atoms with Gasteiger partial charge < -0.3 is 16.0 Å². The zero-order valence-electron chi connectivity index (χ0n) is 15.7. The number of hydrogen-bond donors (Lipinski definition) is 2. The molecular formula is C18H36N4O. The molecule has 1 aliphatic rings. The van der Waals surface area contributed by atoms with Crippen molar-refractivity contribution in [2.45, 2.75) is 60.3 Å². The molecular weight excluding hydrogens is 288 g/mol. The molecule has 5 heteroatoms. The number of amides is 1. The van der Waals surface area contributed by atoms with E-state index < -0.39 is 0 Å². The van der Waals surface area contributed by atoms with Gasteiger partial charge in [-0.1, -0.05) is 27.7 Å². The van der Waals surface area contributed by atoms with Crippen LogP contribution in [0, 0.1) is 17.3 Å². The number of primary amides is 1. The van der Waals surface area contributed by atoms with Crippen LogP contribution in [0.5, 0.6) is 0 Å². The summed E-state index contributed by atoms with van der Waals surface area (Å²) in [6, 6.07) is 0. The van der Waals surface area contributed by atoms with E-state index in [2.05, 4.69) is 44.8 Å². The Labute approximate surface area is 142 Å². The van der Waals surface area contributed by atoms with Gasteiger partial charge in [-0.25, -0.2) is 0 Å². The zero-order chi connectivity index (χ0) is 17.5. The van der Waals surface area contributed by atoms with Crippen LogP contribution in [0.2, 0.25) is 0 Å². The van der Waals surface area contributed by atoms with Crippen LogP contribution in [0.15, 0.2) is 4.99 Å². The van der Waals surface area contributed by atoms with E-state index in [1.807, 2.05) is 0 Å².